The van der Waals surface area contributed by atoms with Gasteiger partial charge < -0.3 is 15.4 Å². The zero-order valence-electron chi connectivity index (χ0n) is 18.8. The average molecular weight is 536 g/mol. The van der Waals surface area contributed by atoms with Gasteiger partial charge in [-0.25, -0.2) is 4.39 Å². The number of benzene rings is 3. The Morgan fingerprint density at radius 2 is 1.43 bits per heavy atom. The van der Waals surface area contributed by atoms with Crippen molar-refractivity contribution < 1.29 is 18.7 Å². The average Bonchev–Trinajstić information content (AvgIpc) is 2.84. The lowest BCUT2D eigenvalue weighted by atomic mass is 10.1. The van der Waals surface area contributed by atoms with E-state index in [0.29, 0.717) is 42.1 Å². The number of anilines is 2. The number of carbonyl (C=O) groups excluding carboxylic acids is 2. The molecule has 0 unspecified atom stereocenters. The first-order valence-corrected chi connectivity index (χ1v) is 11.9. The van der Waals surface area contributed by atoms with Gasteiger partial charge in [0.25, 0.3) is 0 Å². The van der Waals surface area contributed by atoms with E-state index in [4.69, 9.17) is 4.74 Å². The predicted octanol–water partition coefficient (Wildman–Crippen LogP) is 7.07. The van der Waals surface area contributed by atoms with E-state index < -0.39 is 0 Å². The molecule has 0 aliphatic carbocycles. The summed E-state index contributed by atoms with van der Waals surface area (Å²) < 4.78 is 19.9. The number of nitrogens with zero attached hydrogens (tertiary/aromatic N) is 1. The molecular weight excluding hydrogens is 513 g/mol. The molecule has 2 N–H and O–H groups in total. The van der Waals surface area contributed by atoms with Gasteiger partial charge in [0, 0.05) is 40.3 Å². The molecule has 1 aromatic heterocycles. The number of ether oxygens (including phenoxy) is 1. The fourth-order valence-corrected chi connectivity index (χ4v) is 3.82. The predicted molar refractivity (Wildman–Crippen MR) is 138 cm³/mol. The molecule has 0 aliphatic rings. The van der Waals surface area contributed by atoms with Crippen molar-refractivity contribution in [2.75, 3.05) is 10.6 Å². The second kappa shape index (κ2) is 11.6. The fraction of sp³-hybridized carbons (Fsp3) is 0.148. The molecule has 178 valence electrons. The number of amides is 2. The molecule has 35 heavy (non-hydrogen) atoms. The van der Waals surface area contributed by atoms with Gasteiger partial charge in [0.15, 0.2) is 0 Å². The van der Waals surface area contributed by atoms with Crippen LogP contribution in [0, 0.1) is 5.82 Å². The van der Waals surface area contributed by atoms with Crippen molar-refractivity contribution in [1.82, 2.24) is 4.98 Å². The Morgan fingerprint density at radius 3 is 2.06 bits per heavy atom. The van der Waals surface area contributed by atoms with E-state index >= 15 is 0 Å². The minimum Gasteiger partial charge on any atom is -0.457 e. The minimum atomic E-state index is -0.355. The van der Waals surface area contributed by atoms with Crippen LogP contribution in [0.25, 0.3) is 10.9 Å². The highest BCUT2D eigenvalue weighted by Crippen LogP contribution is 2.30. The molecule has 6 nitrogen and oxygen atoms in total. The third kappa shape index (κ3) is 7.10. The van der Waals surface area contributed by atoms with Crippen molar-refractivity contribution in [3.63, 3.8) is 0 Å². The number of carbonyl (C=O) groups is 2. The van der Waals surface area contributed by atoms with Crippen LogP contribution in [0.15, 0.2) is 83.5 Å². The molecule has 0 saturated heterocycles. The van der Waals surface area contributed by atoms with Crippen molar-refractivity contribution in [2.24, 2.45) is 0 Å². The van der Waals surface area contributed by atoms with Crippen LogP contribution in [0.3, 0.4) is 0 Å². The van der Waals surface area contributed by atoms with Gasteiger partial charge in [-0.2, -0.15) is 0 Å². The maximum Gasteiger partial charge on any atom is 0.224 e. The SMILES string of the molecule is O=C(CCCCC(=O)Nc1ccc(Oc2ccnc3cc(Br)ccc23)cc1)Nc1ccc(F)cc1. The lowest BCUT2D eigenvalue weighted by molar-refractivity contribution is -0.118. The molecular formula is C27H23BrFN3O3. The molecule has 2 amide bonds. The molecule has 4 rings (SSSR count). The normalized spacial score (nSPS) is 10.7. The number of hydrogen-bond acceptors (Lipinski definition) is 4. The van der Waals surface area contributed by atoms with Crippen molar-refractivity contribution in [1.29, 1.82) is 0 Å². The first kappa shape index (κ1) is 24.3. The molecule has 0 aliphatic heterocycles. The van der Waals surface area contributed by atoms with E-state index in [9.17, 15) is 14.0 Å². The van der Waals surface area contributed by atoms with Crippen LogP contribution >= 0.6 is 15.9 Å². The summed E-state index contributed by atoms with van der Waals surface area (Å²) in [7, 11) is 0. The zero-order chi connectivity index (χ0) is 24.6. The lowest BCUT2D eigenvalue weighted by Crippen LogP contribution is -2.13. The summed E-state index contributed by atoms with van der Waals surface area (Å²) in [5.74, 6) is 0.700. The highest BCUT2D eigenvalue weighted by atomic mass is 79.9. The number of halogens is 2. The molecule has 8 heteroatoms. The van der Waals surface area contributed by atoms with E-state index in [-0.39, 0.29) is 24.1 Å². The van der Waals surface area contributed by atoms with Crippen molar-refractivity contribution in [3.8, 4) is 11.5 Å². The topological polar surface area (TPSA) is 80.3 Å². The van der Waals surface area contributed by atoms with Crippen LogP contribution in [0.2, 0.25) is 0 Å². The molecule has 0 bridgehead atoms. The molecule has 0 saturated carbocycles. The Labute approximate surface area is 210 Å². The van der Waals surface area contributed by atoms with Gasteiger partial charge in [-0.05, 0) is 85.6 Å². The highest BCUT2D eigenvalue weighted by molar-refractivity contribution is 9.10. The van der Waals surface area contributed by atoms with E-state index in [1.165, 1.54) is 24.3 Å². The number of pyridine rings is 1. The Kier molecular flexibility index (Phi) is 8.05. The Hall–Kier alpha value is -3.78. The van der Waals surface area contributed by atoms with Gasteiger partial charge in [-0.1, -0.05) is 15.9 Å². The standard InChI is InChI=1S/C27H23BrFN3O3/c28-18-5-14-23-24(17-18)30-16-15-25(23)35-22-12-10-21(11-13-22)32-27(34)4-2-1-3-26(33)31-20-8-6-19(29)7-9-20/h5-17H,1-4H2,(H,31,33)(H,32,34). The Balaban J connectivity index is 1.21. The monoisotopic (exact) mass is 535 g/mol. The largest absolute Gasteiger partial charge is 0.457 e. The molecule has 3 aromatic carbocycles. The Bertz CT molecular complexity index is 1330. The summed E-state index contributed by atoms with van der Waals surface area (Å²) in [6.07, 6.45) is 3.45. The molecule has 0 radical (unpaired) electrons. The molecule has 0 fully saturated rings. The summed E-state index contributed by atoms with van der Waals surface area (Å²) in [5, 5.41) is 6.47. The molecule has 4 aromatic rings. The maximum atomic E-state index is 12.9. The maximum absolute atomic E-state index is 12.9. The van der Waals surface area contributed by atoms with Gasteiger partial charge in [0.2, 0.25) is 11.8 Å². The minimum absolute atomic E-state index is 0.122. The van der Waals surface area contributed by atoms with Crippen LogP contribution in [-0.2, 0) is 9.59 Å². The summed E-state index contributed by atoms with van der Waals surface area (Å²) in [6.45, 7) is 0. The third-order valence-electron chi connectivity index (χ3n) is 5.22. The van der Waals surface area contributed by atoms with Gasteiger partial charge in [-0.15, -0.1) is 0 Å². The van der Waals surface area contributed by atoms with Gasteiger partial charge in [-0.3, -0.25) is 14.6 Å². The molecule has 1 heterocycles. The third-order valence-corrected chi connectivity index (χ3v) is 5.71. The summed E-state index contributed by atoms with van der Waals surface area (Å²) in [5.41, 5.74) is 2.04. The van der Waals surface area contributed by atoms with Gasteiger partial charge in [0.05, 0.1) is 5.52 Å². The van der Waals surface area contributed by atoms with Crippen LogP contribution in [0.5, 0.6) is 11.5 Å². The molecule has 0 atom stereocenters. The first-order valence-electron chi connectivity index (χ1n) is 11.1. The van der Waals surface area contributed by atoms with E-state index in [1.54, 1.807) is 30.5 Å². The smallest absolute Gasteiger partial charge is 0.224 e. The van der Waals surface area contributed by atoms with Gasteiger partial charge >= 0.3 is 0 Å². The number of fused-ring (bicyclic) bond motifs is 1. The lowest BCUT2D eigenvalue weighted by Gasteiger charge is -2.10. The van der Waals surface area contributed by atoms with E-state index in [0.717, 1.165) is 15.4 Å². The number of unbranched alkanes of at least 4 members (excludes halogenated alkanes) is 1. The fourth-order valence-electron chi connectivity index (χ4n) is 3.47. The number of aromatic nitrogens is 1. The molecule has 0 spiro atoms. The Morgan fingerprint density at radius 1 is 0.829 bits per heavy atom. The van der Waals surface area contributed by atoms with E-state index in [1.807, 2.05) is 24.3 Å². The summed E-state index contributed by atoms with van der Waals surface area (Å²) >= 11 is 3.45. The zero-order valence-corrected chi connectivity index (χ0v) is 20.3. The second-order valence-corrected chi connectivity index (χ2v) is 8.82. The van der Waals surface area contributed by atoms with Crippen molar-refractivity contribution in [3.05, 3.63) is 89.3 Å². The van der Waals surface area contributed by atoms with Crippen LogP contribution < -0.4 is 15.4 Å². The summed E-state index contributed by atoms with van der Waals surface area (Å²) in [6, 6.07) is 20.4. The van der Waals surface area contributed by atoms with Gasteiger partial charge in [0.1, 0.15) is 17.3 Å². The second-order valence-electron chi connectivity index (χ2n) is 7.91. The number of nitrogens with one attached hydrogen (secondary N) is 2. The van der Waals surface area contributed by atoms with Crippen LogP contribution in [-0.4, -0.2) is 16.8 Å². The number of hydrogen-bond donors (Lipinski definition) is 2. The van der Waals surface area contributed by atoms with E-state index in [2.05, 4.69) is 31.5 Å². The van der Waals surface area contributed by atoms with Crippen LogP contribution in [0.1, 0.15) is 25.7 Å². The van der Waals surface area contributed by atoms with Crippen LogP contribution in [0.4, 0.5) is 15.8 Å². The highest BCUT2D eigenvalue weighted by Gasteiger charge is 2.08. The quantitative estimate of drug-likeness (QED) is 0.224. The van der Waals surface area contributed by atoms with Crippen molar-refractivity contribution >= 4 is 50.0 Å². The first-order chi connectivity index (χ1) is 17.0. The summed E-state index contributed by atoms with van der Waals surface area (Å²) in [4.78, 5) is 28.6. The van der Waals surface area contributed by atoms with Crippen molar-refractivity contribution in [2.45, 2.75) is 25.7 Å². The number of rotatable bonds is 9.